The fourth-order valence-corrected chi connectivity index (χ4v) is 3.82. The van der Waals surface area contributed by atoms with E-state index in [1.54, 1.807) is 6.92 Å². The smallest absolute Gasteiger partial charge is 0.303 e. The molecular formula is C25H33F2NO4. The maximum absolute atomic E-state index is 13.6. The highest BCUT2D eigenvalue weighted by Crippen LogP contribution is 2.31. The van der Waals surface area contributed by atoms with Crippen molar-refractivity contribution < 1.29 is 28.5 Å². The quantitative estimate of drug-likeness (QED) is 0.530. The highest BCUT2D eigenvalue weighted by Gasteiger charge is 2.28. The van der Waals surface area contributed by atoms with E-state index in [9.17, 15) is 18.7 Å². The van der Waals surface area contributed by atoms with E-state index in [-0.39, 0.29) is 24.3 Å². The molecule has 0 aromatic heterocycles. The molecule has 0 radical (unpaired) electrons. The second kappa shape index (κ2) is 11.9. The van der Waals surface area contributed by atoms with Gasteiger partial charge in [-0.15, -0.1) is 0 Å². The van der Waals surface area contributed by atoms with Crippen LogP contribution >= 0.6 is 0 Å². The Kier molecular flexibility index (Phi) is 9.60. The summed E-state index contributed by atoms with van der Waals surface area (Å²) in [5, 5.41) is 21.2. The first-order chi connectivity index (χ1) is 15.1. The number of carboxylic acid groups (broad SMARTS) is 1. The Balaban J connectivity index is 0.000000654. The molecule has 0 heterocycles. The van der Waals surface area contributed by atoms with E-state index in [1.165, 1.54) is 23.3 Å². The number of carbonyl (C=O) groups is 1. The van der Waals surface area contributed by atoms with Gasteiger partial charge in [-0.1, -0.05) is 37.3 Å². The summed E-state index contributed by atoms with van der Waals surface area (Å²) in [4.78, 5) is 9.37. The van der Waals surface area contributed by atoms with Gasteiger partial charge in [0.1, 0.15) is 12.7 Å². The van der Waals surface area contributed by atoms with Gasteiger partial charge in [0.25, 0.3) is 0 Å². The van der Waals surface area contributed by atoms with Crippen LogP contribution in [0.5, 0.6) is 5.75 Å². The van der Waals surface area contributed by atoms with Gasteiger partial charge in [-0.25, -0.2) is 4.39 Å². The Morgan fingerprint density at radius 1 is 1.16 bits per heavy atom. The molecule has 1 aliphatic carbocycles. The van der Waals surface area contributed by atoms with Gasteiger partial charge >= 0.3 is 5.97 Å². The summed E-state index contributed by atoms with van der Waals surface area (Å²) in [6, 6.07) is 12.3. The molecule has 1 atom stereocenters. The van der Waals surface area contributed by atoms with Gasteiger partial charge in [0.05, 0.1) is 0 Å². The van der Waals surface area contributed by atoms with Gasteiger partial charge in [0.2, 0.25) is 5.82 Å². The van der Waals surface area contributed by atoms with Crippen LogP contribution in [0.4, 0.5) is 8.78 Å². The van der Waals surface area contributed by atoms with Crippen LogP contribution in [0.25, 0.3) is 0 Å². The molecule has 176 valence electrons. The Morgan fingerprint density at radius 3 is 2.31 bits per heavy atom. The topological polar surface area (TPSA) is 78.8 Å². The maximum Gasteiger partial charge on any atom is 0.303 e. The molecule has 0 unspecified atom stereocenters. The van der Waals surface area contributed by atoms with Gasteiger partial charge in [0.15, 0.2) is 11.6 Å². The van der Waals surface area contributed by atoms with Crippen molar-refractivity contribution >= 4 is 5.97 Å². The number of aliphatic hydroxyl groups is 1. The molecule has 2 aromatic rings. The fraction of sp³-hybridized carbons (Fsp3) is 0.480. The van der Waals surface area contributed by atoms with E-state index in [1.807, 2.05) is 0 Å². The van der Waals surface area contributed by atoms with E-state index in [4.69, 9.17) is 9.84 Å². The third-order valence-corrected chi connectivity index (χ3v) is 5.40. The monoisotopic (exact) mass is 449 g/mol. The number of benzene rings is 2. The van der Waals surface area contributed by atoms with Crippen LogP contribution in [0.15, 0.2) is 42.5 Å². The number of β-amino-alcohol motifs (C(OH)–C–C–N with tert-alkyl or cyclic N) is 1. The molecule has 0 saturated heterocycles. The average molecular weight is 450 g/mol. The number of hydrogen-bond donors (Lipinski definition) is 3. The minimum absolute atomic E-state index is 0.0989. The summed E-state index contributed by atoms with van der Waals surface area (Å²) in [5.41, 5.74) is 2.73. The van der Waals surface area contributed by atoms with Crippen molar-refractivity contribution in [2.45, 2.75) is 58.1 Å². The van der Waals surface area contributed by atoms with Crippen LogP contribution in [-0.4, -0.2) is 41.0 Å². The number of carboxylic acids is 1. The number of aliphatic carboxylic acids is 1. The third-order valence-electron chi connectivity index (χ3n) is 5.40. The Hall–Kier alpha value is -2.51. The van der Waals surface area contributed by atoms with Crippen molar-refractivity contribution in [2.24, 2.45) is 5.92 Å². The number of nitrogens with one attached hydrogen (secondary N) is 1. The normalized spacial score (nSPS) is 14.3. The Bertz CT molecular complexity index is 863. The first kappa shape index (κ1) is 25.7. The first-order valence-electron chi connectivity index (χ1n) is 10.9. The van der Waals surface area contributed by atoms with Crippen molar-refractivity contribution in [3.05, 3.63) is 65.2 Å². The van der Waals surface area contributed by atoms with Gasteiger partial charge in [-0.2, -0.15) is 4.39 Å². The number of hydrogen-bond acceptors (Lipinski definition) is 4. The average Bonchev–Trinajstić information content (AvgIpc) is 3.15. The minimum atomic E-state index is -1.03. The second-order valence-electron chi connectivity index (χ2n) is 8.78. The zero-order chi connectivity index (χ0) is 23.7. The van der Waals surface area contributed by atoms with Gasteiger partial charge in [-0.05, 0) is 62.3 Å². The van der Waals surface area contributed by atoms with Gasteiger partial charge < -0.3 is 20.3 Å². The molecule has 0 fully saturated rings. The van der Waals surface area contributed by atoms with E-state index < -0.39 is 23.7 Å². The summed E-state index contributed by atoms with van der Waals surface area (Å²) in [5.74, 6) is -2.33. The lowest BCUT2D eigenvalue weighted by Crippen LogP contribution is -2.46. The first-order valence-corrected chi connectivity index (χ1v) is 10.9. The van der Waals surface area contributed by atoms with Gasteiger partial charge in [-0.3, -0.25) is 4.79 Å². The van der Waals surface area contributed by atoms with E-state index in [0.717, 1.165) is 25.3 Å². The molecule has 0 aliphatic heterocycles. The zero-order valence-electron chi connectivity index (χ0n) is 18.9. The molecule has 0 amide bonds. The van der Waals surface area contributed by atoms with Crippen molar-refractivity contribution in [1.29, 1.82) is 0 Å². The summed E-state index contributed by atoms with van der Waals surface area (Å²) >= 11 is 0. The highest BCUT2D eigenvalue weighted by atomic mass is 19.2. The SMILES string of the molecule is CC(C)(CC1Cc2ccccc2C1)NC[C@@H](O)COc1cccc(F)c1F.CCC(=O)O. The number of aliphatic hydroxyl groups excluding tert-OH is 1. The van der Waals surface area contributed by atoms with E-state index in [0.29, 0.717) is 12.5 Å². The highest BCUT2D eigenvalue weighted by molar-refractivity contribution is 5.66. The lowest BCUT2D eigenvalue weighted by molar-refractivity contribution is -0.136. The molecule has 1 aliphatic rings. The van der Waals surface area contributed by atoms with Crippen LogP contribution in [0.3, 0.4) is 0 Å². The molecular weight excluding hydrogens is 416 g/mol. The molecule has 32 heavy (non-hydrogen) atoms. The Labute approximate surface area is 188 Å². The molecule has 3 N–H and O–H groups in total. The summed E-state index contributed by atoms with van der Waals surface area (Å²) in [7, 11) is 0. The number of fused-ring (bicyclic) bond motifs is 1. The third kappa shape index (κ3) is 8.20. The summed E-state index contributed by atoms with van der Waals surface area (Å²) < 4.78 is 32.0. The second-order valence-corrected chi connectivity index (χ2v) is 8.78. The largest absolute Gasteiger partial charge is 0.488 e. The number of ether oxygens (including phenoxy) is 1. The molecule has 0 saturated carbocycles. The van der Waals surface area contributed by atoms with Crippen LogP contribution in [0, 0.1) is 17.6 Å². The van der Waals surface area contributed by atoms with Crippen molar-refractivity contribution in [3.8, 4) is 5.75 Å². The predicted octanol–water partition coefficient (Wildman–Crippen LogP) is 4.36. The van der Waals surface area contributed by atoms with Crippen LogP contribution < -0.4 is 10.1 Å². The van der Waals surface area contributed by atoms with Crippen LogP contribution in [-0.2, 0) is 17.6 Å². The van der Waals surface area contributed by atoms with E-state index >= 15 is 0 Å². The number of rotatable bonds is 9. The lowest BCUT2D eigenvalue weighted by Gasteiger charge is -2.30. The van der Waals surface area contributed by atoms with Crippen molar-refractivity contribution in [2.75, 3.05) is 13.2 Å². The lowest BCUT2D eigenvalue weighted by atomic mass is 9.88. The summed E-state index contributed by atoms with van der Waals surface area (Å²) in [6.07, 6.45) is 2.58. The molecule has 3 rings (SSSR count). The molecule has 5 nitrogen and oxygen atoms in total. The predicted molar refractivity (Wildman–Crippen MR) is 120 cm³/mol. The van der Waals surface area contributed by atoms with E-state index in [2.05, 4.69) is 43.4 Å². The van der Waals surface area contributed by atoms with Crippen molar-refractivity contribution in [3.63, 3.8) is 0 Å². The van der Waals surface area contributed by atoms with Crippen molar-refractivity contribution in [1.82, 2.24) is 5.32 Å². The van der Waals surface area contributed by atoms with Crippen LogP contribution in [0.2, 0.25) is 0 Å². The fourth-order valence-electron chi connectivity index (χ4n) is 3.82. The molecule has 0 bridgehead atoms. The Morgan fingerprint density at radius 2 is 1.75 bits per heavy atom. The maximum atomic E-state index is 13.6. The number of halogens is 2. The standard InChI is InChI=1S/C22H27F2NO2.C3H6O2/c1-22(2,12-15-10-16-6-3-4-7-17(16)11-15)25-13-18(26)14-27-20-9-5-8-19(23)21(20)24;1-2-3(4)5/h3-9,15,18,25-26H,10-14H2,1-2H3;2H2,1H3,(H,4,5)/t18-;/m1./s1. The molecule has 0 spiro atoms. The van der Waals surface area contributed by atoms with Gasteiger partial charge in [0, 0.05) is 18.5 Å². The molecule has 2 aromatic carbocycles. The van der Waals surface area contributed by atoms with Crippen LogP contribution in [0.1, 0.15) is 44.7 Å². The minimum Gasteiger partial charge on any atom is -0.488 e. The summed E-state index contributed by atoms with van der Waals surface area (Å²) in [6.45, 7) is 6.07. The molecule has 7 heteroatoms. The zero-order valence-corrected chi connectivity index (χ0v) is 18.9.